The summed E-state index contributed by atoms with van der Waals surface area (Å²) in [6.07, 6.45) is 4.48. The van der Waals surface area contributed by atoms with E-state index in [4.69, 9.17) is 4.74 Å². The molecule has 1 fully saturated rings. The van der Waals surface area contributed by atoms with Gasteiger partial charge >= 0.3 is 0 Å². The van der Waals surface area contributed by atoms with Gasteiger partial charge in [0.1, 0.15) is 0 Å². The van der Waals surface area contributed by atoms with Crippen LogP contribution < -0.4 is 5.32 Å². The van der Waals surface area contributed by atoms with Gasteiger partial charge in [0.25, 0.3) is 0 Å². The number of ether oxygens (including phenoxy) is 1. The lowest BCUT2D eigenvalue weighted by atomic mass is 9.80. The Hall–Kier alpha value is -0.0800. The fraction of sp³-hybridized carbons (Fsp3) is 1.00. The van der Waals surface area contributed by atoms with Crippen LogP contribution in [0, 0.1) is 11.8 Å². The maximum Gasteiger partial charge on any atom is 0.0594 e. The van der Waals surface area contributed by atoms with Gasteiger partial charge in [-0.1, -0.05) is 20.3 Å². The number of hydrogen-bond acceptors (Lipinski definition) is 2. The molecule has 0 radical (unpaired) electrons. The summed E-state index contributed by atoms with van der Waals surface area (Å²) in [5.74, 6) is 1.73. The predicted molar refractivity (Wildman–Crippen MR) is 65.1 cm³/mol. The molecule has 1 saturated carbocycles. The van der Waals surface area contributed by atoms with E-state index in [0.717, 1.165) is 25.0 Å². The summed E-state index contributed by atoms with van der Waals surface area (Å²) >= 11 is 0. The normalized spacial score (nSPS) is 32.2. The van der Waals surface area contributed by atoms with Gasteiger partial charge in [-0.25, -0.2) is 0 Å². The Kier molecular flexibility index (Phi) is 5.62. The standard InChI is InChI=1S/C13H27NO/c1-10(2)15-8-7-14-13-9-11(3)5-6-12(13)4/h10-14H,5-9H2,1-4H3. The third kappa shape index (κ3) is 4.98. The van der Waals surface area contributed by atoms with Crippen molar-refractivity contribution in [3.8, 4) is 0 Å². The highest BCUT2D eigenvalue weighted by Gasteiger charge is 2.24. The van der Waals surface area contributed by atoms with Crippen molar-refractivity contribution >= 4 is 0 Å². The minimum Gasteiger partial charge on any atom is -0.377 e. The van der Waals surface area contributed by atoms with E-state index >= 15 is 0 Å². The Labute approximate surface area is 94.8 Å². The van der Waals surface area contributed by atoms with Crippen molar-refractivity contribution in [3.05, 3.63) is 0 Å². The number of rotatable bonds is 5. The highest BCUT2D eigenvalue weighted by atomic mass is 16.5. The van der Waals surface area contributed by atoms with E-state index in [0.29, 0.717) is 12.1 Å². The Morgan fingerprint density at radius 3 is 2.67 bits per heavy atom. The average Bonchev–Trinajstić information content (AvgIpc) is 2.17. The van der Waals surface area contributed by atoms with Gasteiger partial charge in [0.15, 0.2) is 0 Å². The second-order valence-corrected chi connectivity index (χ2v) is 5.38. The molecule has 0 bridgehead atoms. The van der Waals surface area contributed by atoms with Crippen LogP contribution in [0.1, 0.15) is 47.0 Å². The largest absolute Gasteiger partial charge is 0.377 e. The zero-order valence-electron chi connectivity index (χ0n) is 10.8. The van der Waals surface area contributed by atoms with E-state index in [1.165, 1.54) is 19.3 Å². The summed E-state index contributed by atoms with van der Waals surface area (Å²) in [6.45, 7) is 10.8. The van der Waals surface area contributed by atoms with Gasteiger partial charge < -0.3 is 10.1 Å². The summed E-state index contributed by atoms with van der Waals surface area (Å²) in [4.78, 5) is 0. The molecule has 1 N–H and O–H groups in total. The minimum atomic E-state index is 0.356. The molecular formula is C13H27NO. The van der Waals surface area contributed by atoms with Crippen LogP contribution in [0.5, 0.6) is 0 Å². The number of hydrogen-bond donors (Lipinski definition) is 1. The molecule has 1 aliphatic carbocycles. The highest BCUT2D eigenvalue weighted by Crippen LogP contribution is 2.28. The van der Waals surface area contributed by atoms with Crippen LogP contribution in [0.4, 0.5) is 0 Å². The van der Waals surface area contributed by atoms with Crippen LogP contribution in [0.15, 0.2) is 0 Å². The summed E-state index contributed by atoms with van der Waals surface area (Å²) < 4.78 is 5.53. The quantitative estimate of drug-likeness (QED) is 0.709. The van der Waals surface area contributed by atoms with Crippen molar-refractivity contribution in [2.24, 2.45) is 11.8 Å². The smallest absolute Gasteiger partial charge is 0.0594 e. The van der Waals surface area contributed by atoms with E-state index in [9.17, 15) is 0 Å². The maximum atomic E-state index is 5.53. The van der Waals surface area contributed by atoms with Crippen LogP contribution in [0.2, 0.25) is 0 Å². The van der Waals surface area contributed by atoms with E-state index in [2.05, 4.69) is 33.0 Å². The van der Waals surface area contributed by atoms with Crippen LogP contribution in [-0.4, -0.2) is 25.3 Å². The Morgan fingerprint density at radius 1 is 1.27 bits per heavy atom. The molecule has 3 unspecified atom stereocenters. The molecule has 1 rings (SSSR count). The molecule has 0 heterocycles. The van der Waals surface area contributed by atoms with E-state index in [-0.39, 0.29) is 0 Å². The Morgan fingerprint density at radius 2 is 2.00 bits per heavy atom. The molecule has 0 amide bonds. The van der Waals surface area contributed by atoms with Gasteiger partial charge in [-0.3, -0.25) is 0 Å². The molecule has 2 heteroatoms. The zero-order chi connectivity index (χ0) is 11.3. The first kappa shape index (κ1) is 13.0. The summed E-state index contributed by atoms with van der Waals surface area (Å²) in [6, 6.07) is 0.713. The monoisotopic (exact) mass is 213 g/mol. The van der Waals surface area contributed by atoms with Gasteiger partial charge in [-0.05, 0) is 38.5 Å². The Bertz CT molecular complexity index is 170. The van der Waals surface area contributed by atoms with E-state index in [1.54, 1.807) is 0 Å². The fourth-order valence-corrected chi connectivity index (χ4v) is 2.36. The molecule has 0 aromatic carbocycles. The van der Waals surface area contributed by atoms with Crippen molar-refractivity contribution in [2.75, 3.05) is 13.2 Å². The molecule has 0 aromatic heterocycles. The lowest BCUT2D eigenvalue weighted by Crippen LogP contribution is -2.41. The molecule has 0 aliphatic heterocycles. The van der Waals surface area contributed by atoms with Crippen molar-refractivity contribution < 1.29 is 4.74 Å². The Balaban J connectivity index is 2.13. The van der Waals surface area contributed by atoms with Gasteiger partial charge in [0.2, 0.25) is 0 Å². The van der Waals surface area contributed by atoms with Crippen LogP contribution in [-0.2, 0) is 4.74 Å². The molecule has 0 spiro atoms. The molecule has 3 atom stereocenters. The van der Waals surface area contributed by atoms with Crippen molar-refractivity contribution in [1.82, 2.24) is 5.32 Å². The van der Waals surface area contributed by atoms with Crippen molar-refractivity contribution in [2.45, 2.75) is 59.1 Å². The van der Waals surface area contributed by atoms with Gasteiger partial charge in [-0.2, -0.15) is 0 Å². The summed E-state index contributed by atoms with van der Waals surface area (Å²) in [5, 5.41) is 3.63. The second-order valence-electron chi connectivity index (χ2n) is 5.38. The molecule has 15 heavy (non-hydrogen) atoms. The number of nitrogens with one attached hydrogen (secondary N) is 1. The highest BCUT2D eigenvalue weighted by molar-refractivity contribution is 4.81. The van der Waals surface area contributed by atoms with Crippen molar-refractivity contribution in [1.29, 1.82) is 0 Å². The lowest BCUT2D eigenvalue weighted by molar-refractivity contribution is 0.0758. The third-order valence-electron chi connectivity index (χ3n) is 3.42. The third-order valence-corrected chi connectivity index (χ3v) is 3.42. The second kappa shape index (κ2) is 6.49. The van der Waals surface area contributed by atoms with Crippen LogP contribution >= 0.6 is 0 Å². The minimum absolute atomic E-state index is 0.356. The van der Waals surface area contributed by atoms with Crippen molar-refractivity contribution in [3.63, 3.8) is 0 Å². The van der Waals surface area contributed by atoms with Gasteiger partial charge in [0, 0.05) is 12.6 Å². The van der Waals surface area contributed by atoms with Gasteiger partial charge in [0.05, 0.1) is 12.7 Å². The van der Waals surface area contributed by atoms with Gasteiger partial charge in [-0.15, -0.1) is 0 Å². The molecule has 0 saturated heterocycles. The molecule has 1 aliphatic rings. The fourth-order valence-electron chi connectivity index (χ4n) is 2.36. The average molecular weight is 213 g/mol. The summed E-state index contributed by atoms with van der Waals surface area (Å²) in [7, 11) is 0. The lowest BCUT2D eigenvalue weighted by Gasteiger charge is -2.33. The maximum absolute atomic E-state index is 5.53. The molecule has 90 valence electrons. The first-order chi connectivity index (χ1) is 7.09. The summed E-state index contributed by atoms with van der Waals surface area (Å²) in [5.41, 5.74) is 0. The van der Waals surface area contributed by atoms with E-state index < -0.39 is 0 Å². The topological polar surface area (TPSA) is 21.3 Å². The zero-order valence-corrected chi connectivity index (χ0v) is 10.8. The molecule has 0 aromatic rings. The first-order valence-corrected chi connectivity index (χ1v) is 6.44. The SMILES string of the molecule is CC1CCC(C)C(NCCOC(C)C)C1. The predicted octanol–water partition coefficient (Wildman–Crippen LogP) is 2.83. The van der Waals surface area contributed by atoms with Crippen LogP contribution in [0.3, 0.4) is 0 Å². The van der Waals surface area contributed by atoms with E-state index in [1.807, 2.05) is 0 Å². The van der Waals surface area contributed by atoms with Crippen LogP contribution in [0.25, 0.3) is 0 Å². The first-order valence-electron chi connectivity index (χ1n) is 6.44. The molecule has 2 nitrogen and oxygen atoms in total. The molecular weight excluding hydrogens is 186 g/mol.